The molecule has 0 saturated carbocycles. The largest absolute Gasteiger partial charge is 0.379 e. The molecule has 13 nitrogen and oxygen atoms in total. The lowest BCUT2D eigenvalue weighted by Crippen LogP contribution is -2.39. The van der Waals surface area contributed by atoms with Gasteiger partial charge in [0.15, 0.2) is 0 Å². The second-order valence-corrected chi connectivity index (χ2v) is 15.0. The number of benzene rings is 2. The number of hydrogen-bond donors (Lipinski definition) is 2. The highest BCUT2D eigenvalue weighted by atomic mass is 79.9. The van der Waals surface area contributed by atoms with Gasteiger partial charge in [0, 0.05) is 51.7 Å². The molecule has 1 saturated heterocycles. The topological polar surface area (TPSA) is 165 Å². The second kappa shape index (κ2) is 18.2. The number of fused-ring (bicyclic) bond motifs is 2. The molecule has 52 heavy (non-hydrogen) atoms. The minimum Gasteiger partial charge on any atom is -0.379 e. The number of nitriles is 2. The summed E-state index contributed by atoms with van der Waals surface area (Å²) < 4.78 is 8.20. The number of hydrogen-bond acceptors (Lipinski definition) is 15. The lowest BCUT2D eigenvalue weighted by atomic mass is 10.1. The fourth-order valence-corrected chi connectivity index (χ4v) is 7.80. The summed E-state index contributed by atoms with van der Waals surface area (Å²) in [4.78, 5) is 31.3. The first-order valence-electron chi connectivity index (χ1n) is 16.7. The summed E-state index contributed by atoms with van der Waals surface area (Å²) in [5.41, 5.74) is 3.11. The molecule has 7 rings (SSSR count). The number of anilines is 2. The van der Waals surface area contributed by atoms with Gasteiger partial charge < -0.3 is 20.3 Å². The Morgan fingerprint density at radius 3 is 2.08 bits per heavy atom. The molecular formula is C36H37BrN12OS2. The van der Waals surface area contributed by atoms with Gasteiger partial charge in [-0.3, -0.25) is 4.90 Å². The number of halogens is 1. The van der Waals surface area contributed by atoms with Crippen LogP contribution in [0.3, 0.4) is 0 Å². The van der Waals surface area contributed by atoms with Crippen molar-refractivity contribution in [1.29, 1.82) is 10.5 Å². The van der Waals surface area contributed by atoms with Crippen molar-refractivity contribution in [2.75, 3.05) is 77.2 Å². The zero-order valence-electron chi connectivity index (χ0n) is 28.7. The van der Waals surface area contributed by atoms with Crippen molar-refractivity contribution in [2.45, 2.75) is 11.8 Å². The quantitative estimate of drug-likeness (QED) is 0.149. The molecule has 5 heterocycles. The fraction of sp³-hybridized carbons (Fsp3) is 0.333. The Hall–Kier alpha value is -4.68. The molecule has 6 aromatic rings. The summed E-state index contributed by atoms with van der Waals surface area (Å²) in [6.45, 7) is 6.75. The van der Waals surface area contributed by atoms with E-state index in [-0.39, 0.29) is 0 Å². The molecule has 2 aromatic carbocycles. The summed E-state index contributed by atoms with van der Waals surface area (Å²) in [5.74, 6) is 0.0258. The molecule has 2 N–H and O–H groups in total. The third-order valence-corrected chi connectivity index (χ3v) is 10.9. The van der Waals surface area contributed by atoms with Crippen LogP contribution in [0.1, 0.15) is 33.2 Å². The molecular weight excluding hydrogens is 761 g/mol. The van der Waals surface area contributed by atoms with Crippen LogP contribution in [-0.2, 0) is 4.74 Å². The molecule has 1 fully saturated rings. The Morgan fingerprint density at radius 2 is 1.44 bits per heavy atom. The van der Waals surface area contributed by atoms with Gasteiger partial charge in [-0.1, -0.05) is 24.3 Å². The third-order valence-electron chi connectivity index (χ3n) is 8.05. The zero-order chi connectivity index (χ0) is 36.3. The van der Waals surface area contributed by atoms with E-state index in [9.17, 15) is 10.5 Å². The second-order valence-electron chi connectivity index (χ2n) is 12.0. The van der Waals surface area contributed by atoms with Crippen LogP contribution in [0.25, 0.3) is 20.4 Å². The van der Waals surface area contributed by atoms with Gasteiger partial charge in [0.05, 0.1) is 61.6 Å². The standard InChI is InChI=1S/C19H20N6OS.C17H17BrN6S/c20-13-14(18-23-16-3-1-2-4-17(16)27-18)15-5-6-21-19(24-15)22-7-8-25-9-11-26-12-10-25;1-24(2)8-7-20-17-21-10-12(18)15(23-17)11(9-19)16-22-13-5-3-4-6-14(13)25-16/h1-6,14H,7-12H2,(H,21,22,24);3-6,10-11H,7-8H2,1-2H3,(H,20,21,23). The molecule has 0 spiro atoms. The molecule has 266 valence electrons. The Morgan fingerprint density at radius 1 is 0.827 bits per heavy atom. The molecule has 4 aromatic heterocycles. The van der Waals surface area contributed by atoms with Crippen LogP contribution >= 0.6 is 38.6 Å². The van der Waals surface area contributed by atoms with Gasteiger partial charge in [-0.05, 0) is 60.4 Å². The molecule has 16 heteroatoms. The number of thiazole rings is 2. The number of nitrogens with zero attached hydrogens (tertiary/aromatic N) is 10. The molecule has 1 aliphatic heterocycles. The van der Waals surface area contributed by atoms with Crippen molar-refractivity contribution in [3.63, 3.8) is 0 Å². The average Bonchev–Trinajstić information content (AvgIpc) is 3.79. The Bertz CT molecular complexity index is 2110. The average molecular weight is 798 g/mol. The van der Waals surface area contributed by atoms with E-state index in [1.54, 1.807) is 18.5 Å². The molecule has 0 bridgehead atoms. The van der Waals surface area contributed by atoms with E-state index in [0.29, 0.717) is 27.8 Å². The van der Waals surface area contributed by atoms with Crippen LogP contribution in [0, 0.1) is 22.7 Å². The fourth-order valence-electron chi connectivity index (χ4n) is 5.34. The molecule has 1 aliphatic rings. The van der Waals surface area contributed by atoms with E-state index in [4.69, 9.17) is 4.74 Å². The molecule has 2 atom stereocenters. The van der Waals surface area contributed by atoms with E-state index in [1.165, 1.54) is 22.7 Å². The summed E-state index contributed by atoms with van der Waals surface area (Å²) in [7, 11) is 4.02. The predicted octanol–water partition coefficient (Wildman–Crippen LogP) is 5.96. The van der Waals surface area contributed by atoms with Crippen LogP contribution in [0.2, 0.25) is 0 Å². The molecule has 0 radical (unpaired) electrons. The van der Waals surface area contributed by atoms with E-state index < -0.39 is 11.8 Å². The number of morpholine rings is 1. The third kappa shape index (κ3) is 9.60. The zero-order valence-corrected chi connectivity index (χ0v) is 32.0. The van der Waals surface area contributed by atoms with Crippen LogP contribution in [0.4, 0.5) is 11.9 Å². The van der Waals surface area contributed by atoms with Gasteiger partial charge in [-0.15, -0.1) is 22.7 Å². The highest BCUT2D eigenvalue weighted by molar-refractivity contribution is 9.10. The number of nitrogens with one attached hydrogen (secondary N) is 2. The van der Waals surface area contributed by atoms with Crippen molar-refractivity contribution >= 4 is 70.9 Å². The smallest absolute Gasteiger partial charge is 0.223 e. The van der Waals surface area contributed by atoms with Crippen LogP contribution in [-0.4, -0.2) is 106 Å². The maximum absolute atomic E-state index is 9.73. The summed E-state index contributed by atoms with van der Waals surface area (Å²) >= 11 is 6.52. The van der Waals surface area contributed by atoms with E-state index in [0.717, 1.165) is 82.9 Å². The summed E-state index contributed by atoms with van der Waals surface area (Å²) in [6, 6.07) is 22.2. The highest BCUT2D eigenvalue weighted by Crippen LogP contribution is 2.34. The number of aromatic nitrogens is 6. The monoisotopic (exact) mass is 796 g/mol. The molecule has 2 unspecified atom stereocenters. The maximum atomic E-state index is 9.73. The lowest BCUT2D eigenvalue weighted by molar-refractivity contribution is 0.0398. The molecule has 0 amide bonds. The Balaban J connectivity index is 0.000000179. The molecule has 0 aliphatic carbocycles. The van der Waals surface area contributed by atoms with Gasteiger partial charge in [0.2, 0.25) is 11.9 Å². The van der Waals surface area contributed by atoms with Crippen molar-refractivity contribution in [3.05, 3.63) is 92.9 Å². The Kier molecular flexibility index (Phi) is 13.0. The van der Waals surface area contributed by atoms with Crippen molar-refractivity contribution < 1.29 is 4.74 Å². The number of likely N-dealkylation sites (N-methyl/N-ethyl adjacent to an activating group) is 1. The van der Waals surface area contributed by atoms with E-state index >= 15 is 0 Å². The first-order chi connectivity index (χ1) is 25.4. The van der Waals surface area contributed by atoms with Crippen molar-refractivity contribution in [3.8, 4) is 12.1 Å². The van der Waals surface area contributed by atoms with Crippen LogP contribution in [0.5, 0.6) is 0 Å². The first-order valence-corrected chi connectivity index (χ1v) is 19.1. The predicted molar refractivity (Wildman–Crippen MR) is 209 cm³/mol. The normalized spacial score (nSPS) is 14.3. The summed E-state index contributed by atoms with van der Waals surface area (Å²) in [6.07, 6.45) is 3.37. The Labute approximate surface area is 318 Å². The summed E-state index contributed by atoms with van der Waals surface area (Å²) in [5, 5.41) is 27.4. The lowest BCUT2D eigenvalue weighted by Gasteiger charge is -2.26. The van der Waals surface area contributed by atoms with Gasteiger partial charge in [-0.25, -0.2) is 29.9 Å². The van der Waals surface area contributed by atoms with E-state index in [1.807, 2.05) is 62.6 Å². The van der Waals surface area contributed by atoms with Gasteiger partial charge >= 0.3 is 0 Å². The minimum atomic E-state index is -0.538. The SMILES string of the molecule is CN(C)CCNc1ncc(Br)c(C(C#N)c2nc3ccccc3s2)n1.N#CC(c1ccnc(NCCN2CCOCC2)n1)c1nc2ccccc2s1. The van der Waals surface area contributed by atoms with Crippen LogP contribution in [0.15, 0.2) is 71.5 Å². The van der Waals surface area contributed by atoms with Crippen molar-refractivity contribution in [1.82, 2.24) is 39.7 Å². The van der Waals surface area contributed by atoms with Gasteiger partial charge in [0.1, 0.15) is 21.9 Å². The number of rotatable bonds is 12. The minimum absolute atomic E-state index is 0.495. The highest BCUT2D eigenvalue weighted by Gasteiger charge is 2.23. The van der Waals surface area contributed by atoms with Gasteiger partial charge in [-0.2, -0.15) is 10.5 Å². The number of ether oxygens (including phenoxy) is 1. The van der Waals surface area contributed by atoms with Crippen LogP contribution < -0.4 is 10.6 Å². The van der Waals surface area contributed by atoms with Crippen molar-refractivity contribution in [2.24, 2.45) is 0 Å². The maximum Gasteiger partial charge on any atom is 0.223 e. The first kappa shape index (κ1) is 37.1. The number of para-hydroxylation sites is 2. The van der Waals surface area contributed by atoms with E-state index in [2.05, 4.69) is 78.4 Å². The van der Waals surface area contributed by atoms with Gasteiger partial charge in [0.25, 0.3) is 0 Å².